The van der Waals surface area contributed by atoms with Gasteiger partial charge in [-0.3, -0.25) is 4.40 Å². The number of fused-ring (bicyclic) bond motifs is 1. The van der Waals surface area contributed by atoms with Crippen LogP contribution in [-0.2, 0) is 11.3 Å². The van der Waals surface area contributed by atoms with E-state index in [9.17, 15) is 17.6 Å². The number of aryl methyl sites for hydroxylation is 1. The molecular weight excluding hydrogens is 274 g/mol. The molecule has 0 atom stereocenters. The van der Waals surface area contributed by atoms with Gasteiger partial charge in [0.1, 0.15) is 17.7 Å². The highest BCUT2D eigenvalue weighted by Gasteiger charge is 2.44. The van der Waals surface area contributed by atoms with Crippen LogP contribution in [0.25, 0.3) is 5.65 Å². The van der Waals surface area contributed by atoms with Crippen molar-refractivity contribution in [2.45, 2.75) is 45.5 Å². The average molecular weight is 289 g/mol. The van der Waals surface area contributed by atoms with E-state index >= 15 is 0 Å². The van der Waals surface area contributed by atoms with Crippen molar-refractivity contribution in [3.8, 4) is 0 Å². The molecular formula is C13H15F4N3. The molecule has 2 heterocycles. The van der Waals surface area contributed by atoms with E-state index in [1.165, 1.54) is 4.40 Å². The maximum atomic E-state index is 13.3. The van der Waals surface area contributed by atoms with Gasteiger partial charge in [0.2, 0.25) is 0 Å². The smallest absolute Gasteiger partial charge is 0.287 e. The molecule has 0 N–H and O–H groups in total. The lowest BCUT2D eigenvalue weighted by Crippen LogP contribution is -2.25. The minimum absolute atomic E-state index is 0.192. The molecule has 0 amide bonds. The van der Waals surface area contributed by atoms with Crippen molar-refractivity contribution in [3.63, 3.8) is 0 Å². The van der Waals surface area contributed by atoms with E-state index in [0.717, 1.165) is 23.8 Å². The second-order valence-electron chi connectivity index (χ2n) is 5.72. The summed E-state index contributed by atoms with van der Waals surface area (Å²) in [5.41, 5.74) is 0.425. The molecule has 110 valence electrons. The van der Waals surface area contributed by atoms with Gasteiger partial charge in [-0.15, -0.1) is 0 Å². The van der Waals surface area contributed by atoms with Crippen molar-refractivity contribution in [2.75, 3.05) is 0 Å². The van der Waals surface area contributed by atoms with Crippen LogP contribution in [0.5, 0.6) is 0 Å². The SMILES string of the molecule is Cc1c(C(C)(C)C)nc2cc(C(F)(F)C(F)F)ncn12. The Balaban J connectivity index is 2.62. The molecule has 0 saturated carbocycles. The Morgan fingerprint density at radius 1 is 1.20 bits per heavy atom. The highest BCUT2D eigenvalue weighted by Crippen LogP contribution is 2.34. The predicted octanol–water partition coefficient (Wildman–Crippen LogP) is 3.69. The van der Waals surface area contributed by atoms with E-state index in [2.05, 4.69) is 9.97 Å². The van der Waals surface area contributed by atoms with Crippen LogP contribution < -0.4 is 0 Å². The number of nitrogens with zero attached hydrogens (tertiary/aromatic N) is 3. The summed E-state index contributed by atoms with van der Waals surface area (Å²) in [5, 5.41) is 0. The predicted molar refractivity (Wildman–Crippen MR) is 66.3 cm³/mol. The topological polar surface area (TPSA) is 30.2 Å². The summed E-state index contributed by atoms with van der Waals surface area (Å²) in [6, 6.07) is 0.911. The normalized spacial score (nSPS) is 13.4. The summed E-state index contributed by atoms with van der Waals surface area (Å²) in [6.45, 7) is 7.59. The largest absolute Gasteiger partial charge is 0.349 e. The molecule has 7 heteroatoms. The van der Waals surface area contributed by atoms with Gasteiger partial charge in [-0.25, -0.2) is 18.7 Å². The number of halogens is 4. The molecule has 0 saturated heterocycles. The number of hydrogen-bond donors (Lipinski definition) is 0. The van der Waals surface area contributed by atoms with Crippen molar-refractivity contribution in [2.24, 2.45) is 0 Å². The van der Waals surface area contributed by atoms with Crippen LogP contribution in [0.3, 0.4) is 0 Å². The summed E-state index contributed by atoms with van der Waals surface area (Å²) in [7, 11) is 0. The summed E-state index contributed by atoms with van der Waals surface area (Å²) in [6.07, 6.45) is -2.69. The molecule has 0 radical (unpaired) electrons. The Kier molecular flexibility index (Phi) is 3.26. The van der Waals surface area contributed by atoms with Crippen molar-refractivity contribution in [1.29, 1.82) is 0 Å². The highest BCUT2D eigenvalue weighted by atomic mass is 19.3. The first kappa shape index (κ1) is 14.7. The van der Waals surface area contributed by atoms with Crippen molar-refractivity contribution < 1.29 is 17.6 Å². The Labute approximate surface area is 113 Å². The number of aromatic nitrogens is 3. The quantitative estimate of drug-likeness (QED) is 0.789. The molecule has 0 aliphatic carbocycles. The lowest BCUT2D eigenvalue weighted by molar-refractivity contribution is -0.138. The zero-order valence-electron chi connectivity index (χ0n) is 11.6. The van der Waals surface area contributed by atoms with Crippen LogP contribution in [-0.4, -0.2) is 20.8 Å². The lowest BCUT2D eigenvalue weighted by Gasteiger charge is -2.16. The fourth-order valence-electron chi connectivity index (χ4n) is 2.07. The highest BCUT2D eigenvalue weighted by molar-refractivity contribution is 5.45. The second-order valence-corrected chi connectivity index (χ2v) is 5.72. The number of hydrogen-bond acceptors (Lipinski definition) is 2. The van der Waals surface area contributed by atoms with E-state index in [-0.39, 0.29) is 11.1 Å². The van der Waals surface area contributed by atoms with Crippen LogP contribution in [0.1, 0.15) is 37.9 Å². The zero-order valence-corrected chi connectivity index (χ0v) is 11.6. The van der Waals surface area contributed by atoms with Crippen LogP contribution >= 0.6 is 0 Å². The van der Waals surface area contributed by atoms with E-state index in [1.807, 2.05) is 20.8 Å². The number of alkyl halides is 4. The molecule has 0 aromatic carbocycles. The van der Waals surface area contributed by atoms with Crippen molar-refractivity contribution in [3.05, 3.63) is 29.5 Å². The van der Waals surface area contributed by atoms with Gasteiger partial charge in [-0.05, 0) is 6.92 Å². The summed E-state index contributed by atoms with van der Waals surface area (Å²) in [4.78, 5) is 7.71. The first-order chi connectivity index (χ1) is 9.05. The molecule has 3 nitrogen and oxygen atoms in total. The molecule has 2 aromatic rings. The molecule has 0 spiro atoms. The minimum Gasteiger partial charge on any atom is -0.287 e. The third-order valence-electron chi connectivity index (χ3n) is 3.08. The van der Waals surface area contributed by atoms with Gasteiger partial charge < -0.3 is 0 Å². The van der Waals surface area contributed by atoms with Crippen LogP contribution in [0.4, 0.5) is 17.6 Å². The third kappa shape index (κ3) is 2.25. The minimum atomic E-state index is -4.27. The van der Waals surface area contributed by atoms with Crippen LogP contribution in [0.15, 0.2) is 12.4 Å². The average Bonchev–Trinajstić information content (AvgIpc) is 2.66. The van der Waals surface area contributed by atoms with Gasteiger partial charge >= 0.3 is 12.3 Å². The maximum Gasteiger partial charge on any atom is 0.349 e. The molecule has 0 fully saturated rings. The fourth-order valence-corrected chi connectivity index (χ4v) is 2.07. The Morgan fingerprint density at radius 2 is 1.80 bits per heavy atom. The lowest BCUT2D eigenvalue weighted by atomic mass is 9.91. The van der Waals surface area contributed by atoms with Gasteiger partial charge in [0, 0.05) is 17.2 Å². The third-order valence-corrected chi connectivity index (χ3v) is 3.08. The first-order valence-electron chi connectivity index (χ1n) is 6.06. The van der Waals surface area contributed by atoms with Gasteiger partial charge in [-0.2, -0.15) is 8.78 Å². The molecule has 0 bridgehead atoms. The number of imidazole rings is 1. The molecule has 20 heavy (non-hydrogen) atoms. The summed E-state index contributed by atoms with van der Waals surface area (Å²) in [5.74, 6) is -4.27. The van der Waals surface area contributed by atoms with Gasteiger partial charge in [0.15, 0.2) is 0 Å². The van der Waals surface area contributed by atoms with Crippen LogP contribution in [0, 0.1) is 6.92 Å². The van der Waals surface area contributed by atoms with Gasteiger partial charge in [0.05, 0.1) is 5.69 Å². The van der Waals surface area contributed by atoms with Crippen molar-refractivity contribution >= 4 is 5.65 Å². The molecule has 2 aromatic heterocycles. The van der Waals surface area contributed by atoms with Crippen molar-refractivity contribution in [1.82, 2.24) is 14.4 Å². The maximum absolute atomic E-state index is 13.3. The fraction of sp³-hybridized carbons (Fsp3) is 0.538. The summed E-state index contributed by atoms with van der Waals surface area (Å²) < 4.78 is 52.8. The standard InChI is InChI=1S/C13H15F4N3/c1-7-10(12(2,3)4)19-9-5-8(18-6-20(7)9)13(16,17)11(14)15/h5-6,11H,1-4H3. The van der Waals surface area contributed by atoms with Gasteiger partial charge in [-0.1, -0.05) is 20.8 Å². The zero-order chi connectivity index (χ0) is 15.3. The van der Waals surface area contributed by atoms with E-state index < -0.39 is 18.0 Å². The Morgan fingerprint density at radius 3 is 2.30 bits per heavy atom. The molecule has 0 unspecified atom stereocenters. The Hall–Kier alpha value is -1.66. The molecule has 2 rings (SSSR count). The monoisotopic (exact) mass is 289 g/mol. The second kappa shape index (κ2) is 4.43. The Bertz CT molecular complexity index is 641. The molecule has 0 aliphatic heterocycles. The van der Waals surface area contributed by atoms with E-state index in [4.69, 9.17) is 0 Å². The van der Waals surface area contributed by atoms with Gasteiger partial charge in [0.25, 0.3) is 0 Å². The van der Waals surface area contributed by atoms with E-state index in [1.54, 1.807) is 6.92 Å². The molecule has 0 aliphatic rings. The van der Waals surface area contributed by atoms with E-state index in [0.29, 0.717) is 0 Å². The summed E-state index contributed by atoms with van der Waals surface area (Å²) >= 11 is 0. The number of rotatable bonds is 2. The van der Waals surface area contributed by atoms with Crippen LogP contribution in [0.2, 0.25) is 0 Å². The first-order valence-corrected chi connectivity index (χ1v) is 6.06.